The molecule has 24 heavy (non-hydrogen) atoms. The Hall–Kier alpha value is -2.56. The van der Waals surface area contributed by atoms with E-state index < -0.39 is 0 Å². The van der Waals surface area contributed by atoms with Crippen molar-refractivity contribution in [2.75, 3.05) is 7.05 Å². The van der Waals surface area contributed by atoms with Crippen LogP contribution in [0.25, 0.3) is 0 Å². The minimum Gasteiger partial charge on any atom is -0.489 e. The Morgan fingerprint density at radius 3 is 2.62 bits per heavy atom. The molecule has 0 saturated heterocycles. The van der Waals surface area contributed by atoms with Gasteiger partial charge in [-0.1, -0.05) is 24.3 Å². The first kappa shape index (κ1) is 16.3. The molecule has 0 unspecified atom stereocenters. The van der Waals surface area contributed by atoms with E-state index in [2.05, 4.69) is 15.6 Å². The number of hydrogen-bond donors (Lipinski definition) is 2. The average molecular weight is 327 g/mol. The van der Waals surface area contributed by atoms with Crippen LogP contribution in [0.1, 0.15) is 24.0 Å². The smallest absolute Gasteiger partial charge is 0.191 e. The van der Waals surface area contributed by atoms with E-state index in [-0.39, 0.29) is 5.82 Å². The van der Waals surface area contributed by atoms with Crippen molar-refractivity contribution in [3.05, 3.63) is 65.5 Å². The molecule has 2 N–H and O–H groups in total. The van der Waals surface area contributed by atoms with Crippen LogP contribution in [0.2, 0.25) is 0 Å². The van der Waals surface area contributed by atoms with Crippen LogP contribution in [0.3, 0.4) is 0 Å². The second-order valence-corrected chi connectivity index (χ2v) is 5.91. The molecule has 3 rings (SSSR count). The molecule has 1 aliphatic carbocycles. The molecule has 5 heteroatoms. The van der Waals surface area contributed by atoms with E-state index in [9.17, 15) is 4.39 Å². The van der Waals surface area contributed by atoms with E-state index in [4.69, 9.17) is 4.74 Å². The normalized spacial score (nSPS) is 14.3. The zero-order valence-electron chi connectivity index (χ0n) is 13.8. The number of ether oxygens (including phenoxy) is 1. The van der Waals surface area contributed by atoms with E-state index in [0.29, 0.717) is 19.2 Å². The molecule has 0 aromatic heterocycles. The number of benzene rings is 2. The number of guanidine groups is 1. The maximum atomic E-state index is 13.1. The third-order valence-corrected chi connectivity index (χ3v) is 3.82. The summed E-state index contributed by atoms with van der Waals surface area (Å²) in [6, 6.07) is 14.9. The lowest BCUT2D eigenvalue weighted by Crippen LogP contribution is -2.38. The number of nitrogens with one attached hydrogen (secondary N) is 2. The van der Waals surface area contributed by atoms with E-state index in [1.165, 1.54) is 25.0 Å². The molecule has 0 amide bonds. The molecule has 1 fully saturated rings. The topological polar surface area (TPSA) is 45.7 Å². The van der Waals surface area contributed by atoms with Crippen molar-refractivity contribution >= 4 is 5.96 Å². The Morgan fingerprint density at radius 1 is 1.17 bits per heavy atom. The molecule has 2 aromatic rings. The summed E-state index contributed by atoms with van der Waals surface area (Å²) in [5, 5.41) is 6.65. The van der Waals surface area contributed by atoms with Crippen molar-refractivity contribution in [3.63, 3.8) is 0 Å². The van der Waals surface area contributed by atoms with Crippen LogP contribution in [-0.2, 0) is 13.2 Å². The minimum absolute atomic E-state index is 0.245. The summed E-state index contributed by atoms with van der Waals surface area (Å²) >= 11 is 0. The second kappa shape index (κ2) is 7.81. The van der Waals surface area contributed by atoms with Crippen LogP contribution < -0.4 is 15.4 Å². The van der Waals surface area contributed by atoms with Gasteiger partial charge < -0.3 is 15.4 Å². The molecule has 4 nitrogen and oxygen atoms in total. The number of rotatable bonds is 6. The number of hydrogen-bond acceptors (Lipinski definition) is 2. The third-order valence-electron chi connectivity index (χ3n) is 3.82. The number of aliphatic imine (C=N–C) groups is 1. The minimum atomic E-state index is -0.245. The molecule has 0 atom stereocenters. The Morgan fingerprint density at radius 2 is 1.96 bits per heavy atom. The fraction of sp³-hybridized carbons (Fsp3) is 0.316. The van der Waals surface area contributed by atoms with Crippen molar-refractivity contribution in [1.82, 2.24) is 10.6 Å². The van der Waals surface area contributed by atoms with Crippen molar-refractivity contribution in [3.8, 4) is 5.75 Å². The van der Waals surface area contributed by atoms with Crippen LogP contribution in [0, 0.1) is 5.82 Å². The lowest BCUT2D eigenvalue weighted by molar-refractivity contribution is 0.305. The van der Waals surface area contributed by atoms with Crippen LogP contribution in [0.5, 0.6) is 5.75 Å². The number of halogens is 1. The SMILES string of the molecule is CN=C(NCc1ccc(OCc2cccc(F)c2)cc1)NC1CC1. The Bertz CT molecular complexity index is 696. The van der Waals surface area contributed by atoms with Gasteiger partial charge >= 0.3 is 0 Å². The van der Waals surface area contributed by atoms with E-state index in [1.54, 1.807) is 13.1 Å². The van der Waals surface area contributed by atoms with Gasteiger partial charge in [-0.25, -0.2) is 4.39 Å². The van der Waals surface area contributed by atoms with E-state index >= 15 is 0 Å². The molecule has 0 heterocycles. The molecule has 0 aliphatic heterocycles. The lowest BCUT2D eigenvalue weighted by Gasteiger charge is -2.12. The van der Waals surface area contributed by atoms with Crippen LogP contribution in [0.15, 0.2) is 53.5 Å². The highest BCUT2D eigenvalue weighted by Crippen LogP contribution is 2.18. The highest BCUT2D eigenvalue weighted by molar-refractivity contribution is 5.80. The predicted molar refractivity (Wildman–Crippen MR) is 93.5 cm³/mol. The van der Waals surface area contributed by atoms with Gasteiger partial charge in [-0.2, -0.15) is 0 Å². The van der Waals surface area contributed by atoms with E-state index in [1.807, 2.05) is 30.3 Å². The molecular weight excluding hydrogens is 305 g/mol. The molecule has 0 spiro atoms. The van der Waals surface area contributed by atoms with Crippen molar-refractivity contribution in [2.24, 2.45) is 4.99 Å². The monoisotopic (exact) mass is 327 g/mol. The van der Waals surface area contributed by atoms with Crippen molar-refractivity contribution in [2.45, 2.75) is 32.0 Å². The summed E-state index contributed by atoms with van der Waals surface area (Å²) in [4.78, 5) is 4.21. The molecule has 2 aromatic carbocycles. The van der Waals surface area contributed by atoms with Crippen LogP contribution in [0.4, 0.5) is 4.39 Å². The Labute approximate surface area is 141 Å². The second-order valence-electron chi connectivity index (χ2n) is 5.91. The third kappa shape index (κ3) is 4.98. The highest BCUT2D eigenvalue weighted by Gasteiger charge is 2.21. The Kier molecular flexibility index (Phi) is 5.31. The quantitative estimate of drug-likeness (QED) is 0.632. The largest absolute Gasteiger partial charge is 0.489 e. The average Bonchev–Trinajstić information content (AvgIpc) is 3.42. The van der Waals surface area contributed by atoms with Gasteiger partial charge in [0.2, 0.25) is 0 Å². The first-order valence-corrected chi connectivity index (χ1v) is 8.16. The molecule has 0 bridgehead atoms. The summed E-state index contributed by atoms with van der Waals surface area (Å²) in [6.45, 7) is 1.06. The summed E-state index contributed by atoms with van der Waals surface area (Å²) in [5.74, 6) is 1.36. The summed E-state index contributed by atoms with van der Waals surface area (Å²) in [7, 11) is 1.78. The fourth-order valence-corrected chi connectivity index (χ4v) is 2.30. The first-order chi connectivity index (χ1) is 11.7. The van der Waals surface area contributed by atoms with Gasteiger partial charge in [0.25, 0.3) is 0 Å². The van der Waals surface area contributed by atoms with Gasteiger partial charge in [-0.3, -0.25) is 4.99 Å². The first-order valence-electron chi connectivity index (χ1n) is 8.16. The van der Waals surface area contributed by atoms with Gasteiger partial charge in [0.05, 0.1) is 0 Å². The molecule has 126 valence electrons. The van der Waals surface area contributed by atoms with Gasteiger partial charge in [-0.15, -0.1) is 0 Å². The fourth-order valence-electron chi connectivity index (χ4n) is 2.30. The Balaban J connectivity index is 1.47. The summed E-state index contributed by atoms with van der Waals surface area (Å²) in [5.41, 5.74) is 1.96. The molecule has 1 aliphatic rings. The predicted octanol–water partition coefficient (Wildman–Crippen LogP) is 3.23. The molecular formula is C19H22FN3O. The number of nitrogens with zero attached hydrogens (tertiary/aromatic N) is 1. The van der Waals surface area contributed by atoms with Gasteiger partial charge in [0.1, 0.15) is 18.2 Å². The maximum Gasteiger partial charge on any atom is 0.191 e. The zero-order chi connectivity index (χ0) is 16.8. The van der Waals surface area contributed by atoms with Crippen LogP contribution >= 0.6 is 0 Å². The summed E-state index contributed by atoms with van der Waals surface area (Å²) in [6.07, 6.45) is 2.44. The zero-order valence-corrected chi connectivity index (χ0v) is 13.8. The van der Waals surface area contributed by atoms with Gasteiger partial charge in [0.15, 0.2) is 5.96 Å². The maximum absolute atomic E-state index is 13.1. The van der Waals surface area contributed by atoms with E-state index in [0.717, 1.165) is 22.8 Å². The molecule has 1 saturated carbocycles. The van der Waals surface area contributed by atoms with Crippen molar-refractivity contribution < 1.29 is 9.13 Å². The van der Waals surface area contributed by atoms with Gasteiger partial charge in [0, 0.05) is 19.6 Å². The summed E-state index contributed by atoms with van der Waals surface area (Å²) < 4.78 is 18.8. The van der Waals surface area contributed by atoms with Crippen LogP contribution in [-0.4, -0.2) is 19.0 Å². The lowest BCUT2D eigenvalue weighted by atomic mass is 10.2. The highest BCUT2D eigenvalue weighted by atomic mass is 19.1. The molecule has 0 radical (unpaired) electrons. The van der Waals surface area contributed by atoms with Crippen molar-refractivity contribution in [1.29, 1.82) is 0 Å². The van der Waals surface area contributed by atoms with Gasteiger partial charge in [-0.05, 0) is 48.2 Å². The standard InChI is InChI=1S/C19H22FN3O/c1-21-19(23-17-7-8-17)22-12-14-5-9-18(10-6-14)24-13-15-3-2-4-16(20)11-15/h2-6,9-11,17H,7-8,12-13H2,1H3,(H2,21,22,23).